The van der Waals surface area contributed by atoms with Crippen molar-refractivity contribution in [2.24, 2.45) is 11.8 Å². The number of imide groups is 1. The number of hydrogen-bond acceptors (Lipinski definition) is 3. The predicted octanol–water partition coefficient (Wildman–Crippen LogP) is 1.63. The molecule has 7 heteroatoms. The van der Waals surface area contributed by atoms with Crippen molar-refractivity contribution in [3.05, 3.63) is 12.2 Å². The number of allylic oxidation sites excluding steroid dienone is 2. The van der Waals surface area contributed by atoms with Gasteiger partial charge in [0.2, 0.25) is 15.6 Å². The summed E-state index contributed by atoms with van der Waals surface area (Å²) < 4.78 is -2.09. The smallest absolute Gasteiger partial charge is 0.235 e. The summed E-state index contributed by atoms with van der Waals surface area (Å²) in [5.74, 6) is -1.81. The summed E-state index contributed by atoms with van der Waals surface area (Å²) in [4.78, 5) is 24.6. The van der Waals surface area contributed by atoms with Crippen LogP contribution in [0.1, 0.15) is 12.8 Å². The van der Waals surface area contributed by atoms with Gasteiger partial charge < -0.3 is 5.11 Å². The molecule has 1 heterocycles. The number of halogens is 3. The molecule has 0 aromatic rings. The van der Waals surface area contributed by atoms with Crippen LogP contribution in [0.15, 0.2) is 12.2 Å². The number of likely N-dealkylation sites (tertiary alicyclic amines) is 1. The normalized spacial score (nSPS) is 30.7. The zero-order valence-corrected chi connectivity index (χ0v) is 10.9. The Morgan fingerprint density at radius 2 is 1.59 bits per heavy atom. The van der Waals surface area contributed by atoms with E-state index in [0.29, 0.717) is 17.7 Å². The summed E-state index contributed by atoms with van der Waals surface area (Å²) in [5, 5.41) is 9.74. The van der Waals surface area contributed by atoms with Gasteiger partial charge in [-0.25, -0.2) is 0 Å². The van der Waals surface area contributed by atoms with E-state index in [1.54, 1.807) is 0 Å². The van der Waals surface area contributed by atoms with Gasteiger partial charge in [-0.3, -0.25) is 14.5 Å². The molecule has 2 aliphatic rings. The van der Waals surface area contributed by atoms with Gasteiger partial charge in [0.25, 0.3) is 0 Å². The fourth-order valence-corrected chi connectivity index (χ4v) is 2.51. The van der Waals surface area contributed by atoms with Crippen LogP contribution in [0.5, 0.6) is 0 Å². The maximum Gasteiger partial charge on any atom is 0.235 e. The number of carbonyl (C=O) groups is 2. The zero-order valence-electron chi connectivity index (χ0n) is 8.65. The van der Waals surface area contributed by atoms with Gasteiger partial charge in [-0.15, -0.1) is 0 Å². The van der Waals surface area contributed by atoms with Crippen LogP contribution in [0.25, 0.3) is 0 Å². The number of fused-ring (bicyclic) bond motifs is 1. The molecular formula is C10H10Cl3NO3. The van der Waals surface area contributed by atoms with Gasteiger partial charge in [0, 0.05) is 0 Å². The SMILES string of the molecule is O=C1[C@H]2CC=CC[C@@H]2C(=O)N1[C@H](O)C(Cl)(Cl)Cl. The minimum absolute atomic E-state index is 0.436. The fraction of sp³-hybridized carbons (Fsp3) is 0.600. The Balaban J connectivity index is 2.27. The van der Waals surface area contributed by atoms with E-state index in [1.807, 2.05) is 12.2 Å². The van der Waals surface area contributed by atoms with Gasteiger partial charge >= 0.3 is 0 Å². The summed E-state index contributed by atoms with van der Waals surface area (Å²) in [6, 6.07) is 0. The van der Waals surface area contributed by atoms with Crippen LogP contribution in [0.4, 0.5) is 0 Å². The summed E-state index contributed by atoms with van der Waals surface area (Å²) >= 11 is 16.5. The minimum atomic E-state index is -2.09. The first kappa shape index (κ1) is 13.1. The molecule has 0 spiro atoms. The molecule has 0 unspecified atom stereocenters. The number of aliphatic hydroxyl groups excluding tert-OH is 1. The highest BCUT2D eigenvalue weighted by molar-refractivity contribution is 6.68. The standard InChI is InChI=1S/C10H10Cl3NO3/c11-10(12,13)9(17)14-7(15)5-3-1-2-4-6(5)8(14)16/h1-2,5-6,9,17H,3-4H2/t5-,6-,9+/m0/s1. The topological polar surface area (TPSA) is 57.6 Å². The fourth-order valence-electron chi connectivity index (χ4n) is 2.21. The summed E-state index contributed by atoms with van der Waals surface area (Å²) in [6.07, 6.45) is 2.92. The first-order chi connectivity index (χ1) is 7.84. The molecule has 1 aliphatic carbocycles. The molecule has 0 aromatic heterocycles. The van der Waals surface area contributed by atoms with Crippen LogP contribution < -0.4 is 0 Å². The Labute approximate surface area is 113 Å². The van der Waals surface area contributed by atoms with Crippen LogP contribution in [-0.4, -0.2) is 31.8 Å². The summed E-state index contributed by atoms with van der Waals surface area (Å²) in [6.45, 7) is 0. The molecule has 94 valence electrons. The average molecular weight is 299 g/mol. The van der Waals surface area contributed by atoms with E-state index in [2.05, 4.69) is 0 Å². The van der Waals surface area contributed by atoms with Crippen LogP contribution in [0.2, 0.25) is 0 Å². The number of rotatable bonds is 1. The van der Waals surface area contributed by atoms with Crippen LogP contribution in [0.3, 0.4) is 0 Å². The zero-order chi connectivity index (χ0) is 12.8. The first-order valence-corrected chi connectivity index (χ1v) is 6.24. The maximum atomic E-state index is 12.0. The van der Waals surface area contributed by atoms with E-state index in [-0.39, 0.29) is 0 Å². The van der Waals surface area contributed by atoms with Gasteiger partial charge in [0.1, 0.15) is 0 Å². The van der Waals surface area contributed by atoms with Gasteiger partial charge in [-0.2, -0.15) is 0 Å². The molecule has 2 rings (SSSR count). The predicted molar refractivity (Wildman–Crippen MR) is 63.5 cm³/mol. The van der Waals surface area contributed by atoms with Crippen molar-refractivity contribution in [2.45, 2.75) is 22.9 Å². The summed E-state index contributed by atoms with van der Waals surface area (Å²) in [5.41, 5.74) is 0. The number of hydrogen-bond donors (Lipinski definition) is 1. The molecule has 1 N–H and O–H groups in total. The van der Waals surface area contributed by atoms with Crippen molar-refractivity contribution in [1.82, 2.24) is 4.90 Å². The van der Waals surface area contributed by atoms with Crippen LogP contribution in [-0.2, 0) is 9.59 Å². The molecule has 17 heavy (non-hydrogen) atoms. The molecular weight excluding hydrogens is 288 g/mol. The van der Waals surface area contributed by atoms with Crippen molar-refractivity contribution < 1.29 is 14.7 Å². The van der Waals surface area contributed by atoms with E-state index in [4.69, 9.17) is 34.8 Å². The van der Waals surface area contributed by atoms with E-state index >= 15 is 0 Å². The Bertz CT molecular complexity index is 365. The molecule has 3 atom stereocenters. The van der Waals surface area contributed by atoms with Crippen molar-refractivity contribution in [1.29, 1.82) is 0 Å². The second-order valence-electron chi connectivity index (χ2n) is 4.12. The monoisotopic (exact) mass is 297 g/mol. The lowest BCUT2D eigenvalue weighted by Gasteiger charge is -2.27. The molecule has 0 aromatic carbocycles. The maximum absolute atomic E-state index is 12.0. The van der Waals surface area contributed by atoms with Crippen molar-refractivity contribution in [3.8, 4) is 0 Å². The lowest BCUT2D eigenvalue weighted by Crippen LogP contribution is -2.47. The highest BCUT2D eigenvalue weighted by Crippen LogP contribution is 2.40. The average Bonchev–Trinajstić information content (AvgIpc) is 2.51. The Hall–Kier alpha value is -0.290. The Morgan fingerprint density at radius 1 is 1.18 bits per heavy atom. The minimum Gasteiger partial charge on any atom is -0.369 e. The van der Waals surface area contributed by atoms with E-state index in [9.17, 15) is 14.7 Å². The molecule has 0 bridgehead atoms. The van der Waals surface area contributed by atoms with Crippen LogP contribution in [0, 0.1) is 11.8 Å². The molecule has 1 saturated heterocycles. The highest BCUT2D eigenvalue weighted by atomic mass is 35.6. The number of alkyl halides is 3. The third kappa shape index (κ3) is 2.19. The lowest BCUT2D eigenvalue weighted by atomic mass is 9.85. The van der Waals surface area contributed by atoms with Crippen molar-refractivity contribution >= 4 is 46.6 Å². The van der Waals surface area contributed by atoms with Crippen molar-refractivity contribution in [2.75, 3.05) is 0 Å². The Morgan fingerprint density at radius 3 is 1.94 bits per heavy atom. The van der Waals surface area contributed by atoms with E-state index < -0.39 is 33.7 Å². The van der Waals surface area contributed by atoms with Gasteiger partial charge in [-0.1, -0.05) is 47.0 Å². The van der Waals surface area contributed by atoms with Gasteiger partial charge in [-0.05, 0) is 12.8 Å². The lowest BCUT2D eigenvalue weighted by molar-refractivity contribution is -0.150. The molecule has 1 aliphatic heterocycles. The number of aliphatic hydroxyl groups is 1. The molecule has 2 amide bonds. The van der Waals surface area contributed by atoms with Gasteiger partial charge in [0.05, 0.1) is 11.8 Å². The molecule has 1 fully saturated rings. The number of carbonyl (C=O) groups excluding carboxylic acids is 2. The molecule has 4 nitrogen and oxygen atoms in total. The molecule has 0 radical (unpaired) electrons. The van der Waals surface area contributed by atoms with Crippen LogP contribution >= 0.6 is 34.8 Å². The Kier molecular flexibility index (Phi) is 3.42. The second-order valence-corrected chi connectivity index (χ2v) is 6.49. The third-order valence-electron chi connectivity index (χ3n) is 3.08. The quantitative estimate of drug-likeness (QED) is 0.455. The van der Waals surface area contributed by atoms with Gasteiger partial charge in [0.15, 0.2) is 6.23 Å². The number of amides is 2. The molecule has 0 saturated carbocycles. The highest BCUT2D eigenvalue weighted by Gasteiger charge is 2.53. The van der Waals surface area contributed by atoms with Crippen molar-refractivity contribution in [3.63, 3.8) is 0 Å². The third-order valence-corrected chi connectivity index (χ3v) is 3.66. The first-order valence-electron chi connectivity index (χ1n) is 5.10. The largest absolute Gasteiger partial charge is 0.369 e. The summed E-state index contributed by atoms with van der Waals surface area (Å²) in [7, 11) is 0. The van der Waals surface area contributed by atoms with E-state index in [1.165, 1.54) is 0 Å². The van der Waals surface area contributed by atoms with E-state index in [0.717, 1.165) is 0 Å². The number of nitrogens with zero attached hydrogens (tertiary/aromatic N) is 1. The second kappa shape index (κ2) is 4.43.